The van der Waals surface area contributed by atoms with Crippen molar-refractivity contribution in [3.05, 3.63) is 64.2 Å². The highest BCUT2D eigenvalue weighted by Crippen LogP contribution is 2.21. The molecular weight excluding hydrogens is 300 g/mol. The molecule has 2 aromatic carbocycles. The standard InChI is InChI=1S/C17H17ClN2O2/c1-12-4-3-5-13(2)17(12)22-11-16(21)20-19-10-14-6-8-15(18)9-7-14/h3-10H,11H2,1-2H3,(H,20,21). The lowest BCUT2D eigenvalue weighted by molar-refractivity contribution is -0.123. The van der Waals surface area contributed by atoms with Crippen LogP contribution in [-0.2, 0) is 4.79 Å². The van der Waals surface area contributed by atoms with E-state index in [0.29, 0.717) is 5.02 Å². The Hall–Kier alpha value is -2.33. The Morgan fingerprint density at radius 3 is 2.45 bits per heavy atom. The Balaban J connectivity index is 1.84. The van der Waals surface area contributed by atoms with E-state index in [2.05, 4.69) is 10.5 Å². The first-order valence-electron chi connectivity index (χ1n) is 6.83. The fraction of sp³-hybridized carbons (Fsp3) is 0.176. The first-order chi connectivity index (χ1) is 10.6. The summed E-state index contributed by atoms with van der Waals surface area (Å²) in [6.45, 7) is 3.81. The third kappa shape index (κ3) is 4.60. The van der Waals surface area contributed by atoms with Gasteiger partial charge in [-0.05, 0) is 42.7 Å². The van der Waals surface area contributed by atoms with E-state index in [1.807, 2.05) is 44.2 Å². The summed E-state index contributed by atoms with van der Waals surface area (Å²) in [5.74, 6) is 0.423. The lowest BCUT2D eigenvalue weighted by atomic mass is 10.1. The summed E-state index contributed by atoms with van der Waals surface area (Å²) in [6, 6.07) is 13.0. The average Bonchev–Trinajstić information content (AvgIpc) is 2.49. The molecule has 114 valence electrons. The average molecular weight is 317 g/mol. The molecule has 0 radical (unpaired) electrons. The molecule has 2 aromatic rings. The highest BCUT2D eigenvalue weighted by Gasteiger charge is 2.06. The van der Waals surface area contributed by atoms with Crippen LogP contribution in [0.5, 0.6) is 5.75 Å². The molecule has 0 saturated heterocycles. The zero-order chi connectivity index (χ0) is 15.9. The third-order valence-electron chi connectivity index (χ3n) is 3.03. The predicted molar refractivity (Wildman–Crippen MR) is 88.6 cm³/mol. The Labute approximate surface area is 134 Å². The van der Waals surface area contributed by atoms with Crippen molar-refractivity contribution in [3.63, 3.8) is 0 Å². The van der Waals surface area contributed by atoms with Gasteiger partial charge in [0.05, 0.1) is 6.21 Å². The van der Waals surface area contributed by atoms with Gasteiger partial charge in [0.25, 0.3) is 5.91 Å². The summed E-state index contributed by atoms with van der Waals surface area (Å²) in [7, 11) is 0. The smallest absolute Gasteiger partial charge is 0.277 e. The second kappa shape index (κ2) is 7.61. The van der Waals surface area contributed by atoms with E-state index in [1.165, 1.54) is 0 Å². The fourth-order valence-corrected chi connectivity index (χ4v) is 2.05. The normalized spacial score (nSPS) is 10.7. The first kappa shape index (κ1) is 16.0. The Bertz CT molecular complexity index is 661. The van der Waals surface area contributed by atoms with Gasteiger partial charge >= 0.3 is 0 Å². The summed E-state index contributed by atoms with van der Waals surface area (Å²) < 4.78 is 5.54. The molecule has 0 bridgehead atoms. The highest BCUT2D eigenvalue weighted by molar-refractivity contribution is 6.30. The van der Waals surface area contributed by atoms with Crippen molar-refractivity contribution in [2.75, 3.05) is 6.61 Å². The molecule has 22 heavy (non-hydrogen) atoms. The lowest BCUT2D eigenvalue weighted by Gasteiger charge is -2.10. The molecule has 0 unspecified atom stereocenters. The second-order valence-corrected chi connectivity index (χ2v) is 5.29. The molecule has 1 amide bonds. The van der Waals surface area contributed by atoms with Crippen LogP contribution in [0.15, 0.2) is 47.6 Å². The summed E-state index contributed by atoms with van der Waals surface area (Å²) in [5, 5.41) is 4.54. The number of rotatable bonds is 5. The first-order valence-corrected chi connectivity index (χ1v) is 7.20. The number of carbonyl (C=O) groups is 1. The second-order valence-electron chi connectivity index (χ2n) is 4.85. The monoisotopic (exact) mass is 316 g/mol. The van der Waals surface area contributed by atoms with Crippen molar-refractivity contribution < 1.29 is 9.53 Å². The number of aryl methyl sites for hydroxylation is 2. The quantitative estimate of drug-likeness (QED) is 0.678. The van der Waals surface area contributed by atoms with Crippen LogP contribution in [0, 0.1) is 13.8 Å². The fourth-order valence-electron chi connectivity index (χ4n) is 1.92. The maximum absolute atomic E-state index is 11.7. The summed E-state index contributed by atoms with van der Waals surface area (Å²) in [4.78, 5) is 11.7. The number of hydrogen-bond acceptors (Lipinski definition) is 3. The number of carbonyl (C=O) groups excluding carboxylic acids is 1. The summed E-state index contributed by atoms with van der Waals surface area (Å²) in [5.41, 5.74) is 5.27. The molecule has 0 atom stereocenters. The van der Waals surface area contributed by atoms with Crippen LogP contribution in [0.2, 0.25) is 5.02 Å². The Morgan fingerprint density at radius 1 is 1.18 bits per heavy atom. The van der Waals surface area contributed by atoms with Gasteiger partial charge in [0.1, 0.15) is 5.75 Å². The van der Waals surface area contributed by atoms with Crippen LogP contribution in [0.1, 0.15) is 16.7 Å². The number of hydrogen-bond donors (Lipinski definition) is 1. The minimum Gasteiger partial charge on any atom is -0.483 e. The van der Waals surface area contributed by atoms with Gasteiger partial charge < -0.3 is 4.74 Å². The molecule has 0 heterocycles. The lowest BCUT2D eigenvalue weighted by Crippen LogP contribution is -2.25. The molecule has 0 aliphatic heterocycles. The predicted octanol–water partition coefficient (Wildman–Crippen LogP) is 3.49. The van der Waals surface area contributed by atoms with Gasteiger partial charge in [0.2, 0.25) is 0 Å². The number of halogens is 1. The van der Waals surface area contributed by atoms with E-state index in [9.17, 15) is 4.79 Å². The zero-order valence-electron chi connectivity index (χ0n) is 12.5. The number of nitrogens with one attached hydrogen (secondary N) is 1. The van der Waals surface area contributed by atoms with Gasteiger partial charge in [-0.2, -0.15) is 5.10 Å². The van der Waals surface area contributed by atoms with E-state index in [0.717, 1.165) is 22.4 Å². The maximum atomic E-state index is 11.7. The van der Waals surface area contributed by atoms with Crippen molar-refractivity contribution in [2.45, 2.75) is 13.8 Å². The molecule has 0 aromatic heterocycles. The summed E-state index contributed by atoms with van der Waals surface area (Å²) >= 11 is 5.79. The van der Waals surface area contributed by atoms with E-state index >= 15 is 0 Å². The molecule has 0 fully saturated rings. The zero-order valence-corrected chi connectivity index (χ0v) is 13.2. The Kier molecular flexibility index (Phi) is 5.55. The van der Waals surface area contributed by atoms with E-state index in [1.54, 1.807) is 18.3 Å². The molecule has 0 aliphatic carbocycles. The van der Waals surface area contributed by atoms with Crippen LogP contribution in [0.25, 0.3) is 0 Å². The number of amides is 1. The third-order valence-corrected chi connectivity index (χ3v) is 3.28. The number of para-hydroxylation sites is 1. The van der Waals surface area contributed by atoms with Crippen LogP contribution >= 0.6 is 11.6 Å². The largest absolute Gasteiger partial charge is 0.483 e. The molecule has 0 aliphatic rings. The van der Waals surface area contributed by atoms with Gasteiger partial charge in [0, 0.05) is 5.02 Å². The molecule has 4 nitrogen and oxygen atoms in total. The molecule has 1 N–H and O–H groups in total. The number of benzene rings is 2. The molecule has 5 heteroatoms. The minimum atomic E-state index is -0.312. The van der Waals surface area contributed by atoms with Crippen molar-refractivity contribution in [3.8, 4) is 5.75 Å². The van der Waals surface area contributed by atoms with Gasteiger partial charge in [-0.15, -0.1) is 0 Å². The van der Waals surface area contributed by atoms with E-state index < -0.39 is 0 Å². The van der Waals surface area contributed by atoms with E-state index in [-0.39, 0.29) is 12.5 Å². The maximum Gasteiger partial charge on any atom is 0.277 e. The van der Waals surface area contributed by atoms with Crippen molar-refractivity contribution in [2.24, 2.45) is 5.10 Å². The SMILES string of the molecule is Cc1cccc(C)c1OCC(=O)NN=Cc1ccc(Cl)cc1. The van der Waals surface area contributed by atoms with Gasteiger partial charge in [-0.1, -0.05) is 41.9 Å². The molecule has 2 rings (SSSR count). The molecule has 0 saturated carbocycles. The van der Waals surface area contributed by atoms with Gasteiger partial charge in [-0.25, -0.2) is 5.43 Å². The Morgan fingerprint density at radius 2 is 1.82 bits per heavy atom. The number of ether oxygens (including phenoxy) is 1. The van der Waals surface area contributed by atoms with Crippen LogP contribution in [0.4, 0.5) is 0 Å². The van der Waals surface area contributed by atoms with Crippen molar-refractivity contribution >= 4 is 23.7 Å². The van der Waals surface area contributed by atoms with Crippen LogP contribution < -0.4 is 10.2 Å². The summed E-state index contributed by atoms with van der Waals surface area (Å²) in [6.07, 6.45) is 1.55. The number of hydrazone groups is 1. The van der Waals surface area contributed by atoms with Crippen molar-refractivity contribution in [1.29, 1.82) is 0 Å². The minimum absolute atomic E-state index is 0.0797. The molecule has 0 spiro atoms. The highest BCUT2D eigenvalue weighted by atomic mass is 35.5. The van der Waals surface area contributed by atoms with Crippen LogP contribution in [-0.4, -0.2) is 18.7 Å². The van der Waals surface area contributed by atoms with Crippen LogP contribution in [0.3, 0.4) is 0 Å². The molecular formula is C17H17ClN2O2. The topological polar surface area (TPSA) is 50.7 Å². The number of nitrogens with zero attached hydrogens (tertiary/aromatic N) is 1. The van der Waals surface area contributed by atoms with Gasteiger partial charge in [0.15, 0.2) is 6.61 Å². The van der Waals surface area contributed by atoms with Crippen molar-refractivity contribution in [1.82, 2.24) is 5.43 Å². The van der Waals surface area contributed by atoms with E-state index in [4.69, 9.17) is 16.3 Å². The van der Waals surface area contributed by atoms with Gasteiger partial charge in [-0.3, -0.25) is 4.79 Å².